The van der Waals surface area contributed by atoms with Gasteiger partial charge in [-0.3, -0.25) is 19.2 Å². The highest BCUT2D eigenvalue weighted by Gasteiger charge is 2.58. The molecule has 1 atom stereocenters. The van der Waals surface area contributed by atoms with E-state index in [0.717, 1.165) is 38.5 Å². The summed E-state index contributed by atoms with van der Waals surface area (Å²) in [6.07, 6.45) is 7.80. The number of imide groups is 1. The first-order valence-corrected chi connectivity index (χ1v) is 10.9. The van der Waals surface area contributed by atoms with Crippen LogP contribution in [0.1, 0.15) is 75.2 Å². The molecule has 4 aliphatic rings. The largest absolute Gasteiger partial charge is 0.473 e. The molecule has 9 heteroatoms. The van der Waals surface area contributed by atoms with Crippen molar-refractivity contribution in [1.29, 1.82) is 0 Å². The van der Waals surface area contributed by atoms with E-state index < -0.39 is 5.91 Å². The van der Waals surface area contributed by atoms with Gasteiger partial charge in [-0.1, -0.05) is 13.8 Å². The van der Waals surface area contributed by atoms with Crippen molar-refractivity contribution in [3.63, 3.8) is 0 Å². The van der Waals surface area contributed by atoms with Crippen molar-refractivity contribution >= 4 is 17.8 Å². The van der Waals surface area contributed by atoms with E-state index >= 15 is 0 Å². The first-order valence-electron chi connectivity index (χ1n) is 10.9. The van der Waals surface area contributed by atoms with Gasteiger partial charge in [-0.25, -0.2) is 4.79 Å². The van der Waals surface area contributed by atoms with Crippen molar-refractivity contribution < 1.29 is 19.1 Å². The Morgan fingerprint density at radius 2 is 1.97 bits per heavy atom. The van der Waals surface area contributed by atoms with Gasteiger partial charge in [0.1, 0.15) is 17.7 Å². The minimum Gasteiger partial charge on any atom is -0.473 e. The van der Waals surface area contributed by atoms with E-state index in [1.165, 1.54) is 4.90 Å². The van der Waals surface area contributed by atoms with Crippen molar-refractivity contribution in [1.82, 2.24) is 20.0 Å². The molecule has 4 amide bonds. The SMILES string of the molecule is CC(C)CC1NC(=O)N(C2CC3(CC(Oc4nn(C5CC5)cc4C(N)=O)C3)C2)C1=O. The Balaban J connectivity index is 1.16. The van der Waals surface area contributed by atoms with Crippen LogP contribution in [0.15, 0.2) is 6.20 Å². The zero-order valence-electron chi connectivity index (χ0n) is 17.5. The Bertz CT molecular complexity index is 891. The molecule has 3 saturated carbocycles. The van der Waals surface area contributed by atoms with Crippen molar-refractivity contribution in [2.24, 2.45) is 17.1 Å². The summed E-state index contributed by atoms with van der Waals surface area (Å²) in [6, 6.07) is -0.315. The summed E-state index contributed by atoms with van der Waals surface area (Å²) in [4.78, 5) is 38.1. The first-order chi connectivity index (χ1) is 14.2. The molecule has 1 aromatic heterocycles. The number of nitrogens with zero attached hydrogens (tertiary/aromatic N) is 3. The molecule has 1 saturated heterocycles. The number of aromatic nitrogens is 2. The minimum absolute atomic E-state index is 0.0107. The lowest BCUT2D eigenvalue weighted by molar-refractivity contribution is -0.141. The molecular formula is C21H29N5O4. The molecule has 5 rings (SSSR count). The first kappa shape index (κ1) is 19.4. The molecule has 4 fully saturated rings. The lowest BCUT2D eigenvalue weighted by Gasteiger charge is -2.58. The molecular weight excluding hydrogens is 386 g/mol. The van der Waals surface area contributed by atoms with Gasteiger partial charge >= 0.3 is 6.03 Å². The van der Waals surface area contributed by atoms with Gasteiger partial charge in [-0.2, -0.15) is 0 Å². The summed E-state index contributed by atoms with van der Waals surface area (Å²) in [7, 11) is 0. The van der Waals surface area contributed by atoms with Gasteiger partial charge in [0.25, 0.3) is 11.8 Å². The Morgan fingerprint density at radius 3 is 2.57 bits per heavy atom. The quantitative estimate of drug-likeness (QED) is 0.660. The molecule has 30 heavy (non-hydrogen) atoms. The second-order valence-corrected chi connectivity index (χ2v) is 9.97. The second-order valence-electron chi connectivity index (χ2n) is 9.97. The zero-order chi connectivity index (χ0) is 21.2. The number of urea groups is 1. The monoisotopic (exact) mass is 415 g/mol. The van der Waals surface area contributed by atoms with Crippen molar-refractivity contribution in [3.05, 3.63) is 11.8 Å². The fraction of sp³-hybridized carbons (Fsp3) is 0.714. The highest BCUT2D eigenvalue weighted by molar-refractivity contribution is 6.04. The van der Waals surface area contributed by atoms with Crippen LogP contribution >= 0.6 is 0 Å². The molecule has 3 aliphatic carbocycles. The minimum atomic E-state index is -0.524. The Hall–Kier alpha value is -2.58. The van der Waals surface area contributed by atoms with Gasteiger partial charge in [0.15, 0.2) is 0 Å². The van der Waals surface area contributed by atoms with E-state index in [0.29, 0.717) is 29.8 Å². The van der Waals surface area contributed by atoms with Crippen LogP contribution < -0.4 is 15.8 Å². The smallest absolute Gasteiger partial charge is 0.325 e. The maximum atomic E-state index is 12.6. The highest BCUT2D eigenvalue weighted by Crippen LogP contribution is 2.58. The predicted octanol–water partition coefficient (Wildman–Crippen LogP) is 1.97. The van der Waals surface area contributed by atoms with Crippen LogP contribution in [0.4, 0.5) is 4.79 Å². The number of carbonyl (C=O) groups excluding carboxylic acids is 3. The van der Waals surface area contributed by atoms with Crippen LogP contribution in [0.2, 0.25) is 0 Å². The van der Waals surface area contributed by atoms with Crippen LogP contribution in [0, 0.1) is 11.3 Å². The summed E-state index contributed by atoms with van der Waals surface area (Å²) in [5.41, 5.74) is 5.94. The van der Waals surface area contributed by atoms with Crippen LogP contribution in [0.3, 0.4) is 0 Å². The van der Waals surface area contributed by atoms with E-state index in [-0.39, 0.29) is 35.5 Å². The summed E-state index contributed by atoms with van der Waals surface area (Å²) >= 11 is 0. The summed E-state index contributed by atoms with van der Waals surface area (Å²) in [6.45, 7) is 4.10. The number of ether oxygens (including phenoxy) is 1. The summed E-state index contributed by atoms with van der Waals surface area (Å²) in [5, 5.41) is 7.26. The Kier molecular flexibility index (Phi) is 4.34. The maximum Gasteiger partial charge on any atom is 0.325 e. The standard InChI is InChI=1S/C21H29N5O4/c1-11(2)5-16-19(28)26(20(29)23-16)13-6-21(7-13)8-14(9-21)30-18-15(17(22)27)10-25(24-18)12-3-4-12/h10-14,16H,3-9H2,1-2H3,(H2,22,27)(H,23,29). The van der Waals surface area contributed by atoms with E-state index in [4.69, 9.17) is 10.5 Å². The maximum absolute atomic E-state index is 12.6. The number of hydrogen-bond acceptors (Lipinski definition) is 5. The van der Waals surface area contributed by atoms with Crippen LogP contribution in [-0.2, 0) is 4.79 Å². The van der Waals surface area contributed by atoms with Gasteiger partial charge in [0.2, 0.25) is 5.88 Å². The molecule has 1 aromatic rings. The van der Waals surface area contributed by atoms with Gasteiger partial charge < -0.3 is 15.8 Å². The van der Waals surface area contributed by atoms with E-state index in [1.807, 2.05) is 13.8 Å². The van der Waals surface area contributed by atoms with Crippen LogP contribution in [0.25, 0.3) is 0 Å². The number of primary amides is 1. The number of hydrogen-bond donors (Lipinski definition) is 2. The van der Waals surface area contributed by atoms with Crippen molar-refractivity contribution in [2.75, 3.05) is 0 Å². The third-order valence-electron chi connectivity index (χ3n) is 6.95. The molecule has 1 spiro atoms. The number of rotatable bonds is 7. The molecule has 0 aromatic carbocycles. The molecule has 162 valence electrons. The van der Waals surface area contributed by atoms with Crippen molar-refractivity contribution in [2.45, 2.75) is 83.0 Å². The number of nitrogens with one attached hydrogen (secondary N) is 1. The Labute approximate surface area is 175 Å². The fourth-order valence-corrected chi connectivity index (χ4v) is 5.29. The van der Waals surface area contributed by atoms with Gasteiger partial charge in [-0.05, 0) is 56.3 Å². The molecule has 9 nitrogen and oxygen atoms in total. The predicted molar refractivity (Wildman–Crippen MR) is 107 cm³/mol. The van der Waals surface area contributed by atoms with Gasteiger partial charge in [0.05, 0.1) is 6.04 Å². The molecule has 0 radical (unpaired) electrons. The van der Waals surface area contributed by atoms with E-state index in [1.54, 1.807) is 10.9 Å². The zero-order valence-corrected chi connectivity index (χ0v) is 17.5. The van der Waals surface area contributed by atoms with Crippen molar-refractivity contribution in [3.8, 4) is 5.88 Å². The second kappa shape index (κ2) is 6.72. The normalized spacial score (nSPS) is 32.9. The average molecular weight is 415 g/mol. The number of nitrogens with two attached hydrogens (primary N) is 1. The van der Waals surface area contributed by atoms with Crippen LogP contribution in [-0.4, -0.2) is 50.7 Å². The third kappa shape index (κ3) is 3.24. The lowest BCUT2D eigenvalue weighted by Crippen LogP contribution is -2.60. The average Bonchev–Trinajstić information content (AvgIpc) is 3.30. The van der Waals surface area contributed by atoms with Crippen LogP contribution in [0.5, 0.6) is 5.88 Å². The number of carbonyl (C=O) groups is 3. The molecule has 3 N–H and O–H groups in total. The number of amides is 4. The molecule has 2 heterocycles. The van der Waals surface area contributed by atoms with E-state index in [9.17, 15) is 14.4 Å². The lowest BCUT2D eigenvalue weighted by atomic mass is 9.52. The molecule has 0 bridgehead atoms. The molecule has 1 unspecified atom stereocenters. The topological polar surface area (TPSA) is 120 Å². The van der Waals surface area contributed by atoms with E-state index in [2.05, 4.69) is 10.4 Å². The van der Waals surface area contributed by atoms with Gasteiger partial charge in [-0.15, -0.1) is 5.10 Å². The third-order valence-corrected chi connectivity index (χ3v) is 6.95. The summed E-state index contributed by atoms with van der Waals surface area (Å²) in [5.74, 6) is 0.0717. The fourth-order valence-electron chi connectivity index (χ4n) is 5.29. The highest BCUT2D eigenvalue weighted by atomic mass is 16.5. The van der Waals surface area contributed by atoms with Gasteiger partial charge in [0, 0.05) is 12.2 Å². The summed E-state index contributed by atoms with van der Waals surface area (Å²) < 4.78 is 7.79. The Morgan fingerprint density at radius 1 is 1.27 bits per heavy atom. The molecule has 1 aliphatic heterocycles.